The van der Waals surface area contributed by atoms with Crippen LogP contribution in [-0.4, -0.2) is 23.6 Å². The first-order valence-electron chi connectivity index (χ1n) is 5.23. The predicted octanol–water partition coefficient (Wildman–Crippen LogP) is 2.03. The summed E-state index contributed by atoms with van der Waals surface area (Å²) in [4.78, 5) is 12.8. The number of carbonyl (C=O) groups is 1. The number of hydrogen-bond donors (Lipinski definition) is 0. The average molecular weight is 215 g/mol. The molecule has 2 rings (SSSR count). The molecule has 16 heavy (non-hydrogen) atoms. The lowest BCUT2D eigenvalue weighted by atomic mass is 10.1. The van der Waals surface area contributed by atoms with E-state index in [0.717, 1.165) is 6.42 Å². The van der Waals surface area contributed by atoms with Gasteiger partial charge in [-0.05, 0) is 18.9 Å². The van der Waals surface area contributed by atoms with E-state index < -0.39 is 0 Å². The number of cyclic esters (lactones) is 1. The molecule has 1 aromatic carbocycles. The molecule has 1 aliphatic rings. The first-order chi connectivity index (χ1) is 7.81. The number of nitrogens with zero attached hydrogens (tertiary/aromatic N) is 1. The van der Waals surface area contributed by atoms with Gasteiger partial charge in [-0.1, -0.05) is 36.3 Å². The zero-order valence-electron chi connectivity index (χ0n) is 9.14. The van der Waals surface area contributed by atoms with Gasteiger partial charge >= 0.3 is 6.09 Å². The van der Waals surface area contributed by atoms with Crippen molar-refractivity contribution >= 4 is 6.09 Å². The Hall–Kier alpha value is -1.95. The second-order valence-electron chi connectivity index (χ2n) is 3.65. The molecule has 3 heteroatoms. The summed E-state index contributed by atoms with van der Waals surface area (Å²) in [7, 11) is 0. The monoisotopic (exact) mass is 215 g/mol. The Kier molecular flexibility index (Phi) is 3.11. The summed E-state index contributed by atoms with van der Waals surface area (Å²) in [6.07, 6.45) is 0.441. The molecule has 0 spiro atoms. The molecule has 1 atom stereocenters. The van der Waals surface area contributed by atoms with E-state index in [1.807, 2.05) is 30.3 Å². The van der Waals surface area contributed by atoms with E-state index in [1.54, 1.807) is 6.92 Å². The fourth-order valence-corrected chi connectivity index (χ4v) is 1.75. The Morgan fingerprint density at radius 3 is 2.88 bits per heavy atom. The number of rotatable bonds is 2. The maximum Gasteiger partial charge on any atom is 0.422 e. The molecule has 1 fully saturated rings. The highest BCUT2D eigenvalue weighted by molar-refractivity contribution is 5.72. The van der Waals surface area contributed by atoms with Crippen LogP contribution in [0, 0.1) is 12.0 Å². The zero-order chi connectivity index (χ0) is 11.4. The van der Waals surface area contributed by atoms with Crippen molar-refractivity contribution in [2.24, 2.45) is 0 Å². The van der Waals surface area contributed by atoms with Crippen LogP contribution in [0.25, 0.3) is 0 Å². The highest BCUT2D eigenvalue weighted by atomic mass is 16.6. The minimum atomic E-state index is -0.338. The molecule has 0 saturated carbocycles. The Bertz CT molecular complexity index is 430. The van der Waals surface area contributed by atoms with Crippen molar-refractivity contribution < 1.29 is 9.53 Å². The van der Waals surface area contributed by atoms with E-state index in [9.17, 15) is 4.79 Å². The molecule has 1 aliphatic heterocycles. The molecule has 0 aliphatic carbocycles. The largest absolute Gasteiger partial charge is 0.446 e. The van der Waals surface area contributed by atoms with E-state index >= 15 is 0 Å². The van der Waals surface area contributed by atoms with Gasteiger partial charge in [0.25, 0.3) is 0 Å². The van der Waals surface area contributed by atoms with Crippen LogP contribution in [0.15, 0.2) is 30.3 Å². The third-order valence-corrected chi connectivity index (χ3v) is 2.51. The molecule has 0 radical (unpaired) electrons. The van der Waals surface area contributed by atoms with Gasteiger partial charge in [0, 0.05) is 6.04 Å². The average Bonchev–Trinajstić information content (AvgIpc) is 2.64. The van der Waals surface area contributed by atoms with E-state index in [0.29, 0.717) is 6.61 Å². The third-order valence-electron chi connectivity index (χ3n) is 2.51. The fraction of sp³-hybridized carbons (Fsp3) is 0.308. The van der Waals surface area contributed by atoms with Crippen molar-refractivity contribution in [2.75, 3.05) is 6.61 Å². The Balaban J connectivity index is 2.09. The smallest absolute Gasteiger partial charge is 0.422 e. The summed E-state index contributed by atoms with van der Waals surface area (Å²) in [5.41, 5.74) is 1.19. The standard InChI is InChI=1S/C13H13NO2/c1-2-8-14-12(10-16-13(14)15)9-11-6-4-3-5-7-11/h3-7,12H,9-10H2,1H3. The van der Waals surface area contributed by atoms with E-state index in [2.05, 4.69) is 12.0 Å². The molecule has 82 valence electrons. The SMILES string of the molecule is CC#CN1C(=O)OCC1Cc1ccccc1. The van der Waals surface area contributed by atoms with Gasteiger partial charge in [0.1, 0.15) is 6.61 Å². The highest BCUT2D eigenvalue weighted by Gasteiger charge is 2.31. The van der Waals surface area contributed by atoms with Gasteiger partial charge in [-0.25, -0.2) is 9.69 Å². The van der Waals surface area contributed by atoms with Gasteiger partial charge < -0.3 is 4.74 Å². The number of amides is 1. The lowest BCUT2D eigenvalue weighted by Crippen LogP contribution is -2.30. The molecule has 0 bridgehead atoms. The van der Waals surface area contributed by atoms with Crippen LogP contribution in [-0.2, 0) is 11.2 Å². The highest BCUT2D eigenvalue weighted by Crippen LogP contribution is 2.15. The van der Waals surface area contributed by atoms with Crippen molar-refractivity contribution in [3.8, 4) is 12.0 Å². The summed E-state index contributed by atoms with van der Waals surface area (Å²) in [6.45, 7) is 2.13. The van der Waals surface area contributed by atoms with Crippen LogP contribution in [0.3, 0.4) is 0 Å². The summed E-state index contributed by atoms with van der Waals surface area (Å²) in [5.74, 6) is 2.73. The second-order valence-corrected chi connectivity index (χ2v) is 3.65. The number of carbonyl (C=O) groups excluding carboxylic acids is 1. The quantitative estimate of drug-likeness (QED) is 0.706. The first kappa shape index (κ1) is 10.6. The van der Waals surface area contributed by atoms with Crippen molar-refractivity contribution in [3.63, 3.8) is 0 Å². The van der Waals surface area contributed by atoms with Crippen LogP contribution in [0.2, 0.25) is 0 Å². The number of benzene rings is 1. The summed E-state index contributed by atoms with van der Waals surface area (Å²) >= 11 is 0. The lowest BCUT2D eigenvalue weighted by molar-refractivity contribution is 0.167. The molecule has 3 nitrogen and oxygen atoms in total. The van der Waals surface area contributed by atoms with E-state index in [1.165, 1.54) is 10.5 Å². The van der Waals surface area contributed by atoms with Gasteiger partial charge in [0.2, 0.25) is 0 Å². The molecular weight excluding hydrogens is 202 g/mol. The summed E-state index contributed by atoms with van der Waals surface area (Å²) in [6, 6.07) is 12.8. The molecule has 1 unspecified atom stereocenters. The Labute approximate surface area is 95.0 Å². The van der Waals surface area contributed by atoms with Gasteiger partial charge in [0.05, 0.1) is 6.04 Å². The van der Waals surface area contributed by atoms with Crippen molar-refractivity contribution in [1.29, 1.82) is 0 Å². The third kappa shape index (κ3) is 2.17. The maximum absolute atomic E-state index is 11.4. The Morgan fingerprint density at radius 1 is 1.44 bits per heavy atom. The summed E-state index contributed by atoms with van der Waals surface area (Å²) in [5, 5.41) is 0. The summed E-state index contributed by atoms with van der Waals surface area (Å²) < 4.78 is 4.99. The van der Waals surface area contributed by atoms with Gasteiger partial charge in [0.15, 0.2) is 0 Å². The second kappa shape index (κ2) is 4.71. The topological polar surface area (TPSA) is 29.5 Å². The molecule has 1 saturated heterocycles. The van der Waals surface area contributed by atoms with Crippen molar-refractivity contribution in [2.45, 2.75) is 19.4 Å². The maximum atomic E-state index is 11.4. The molecule has 0 N–H and O–H groups in total. The molecule has 1 aromatic rings. The minimum absolute atomic E-state index is 0.0300. The molecular formula is C13H13NO2. The molecule has 0 aromatic heterocycles. The Morgan fingerprint density at radius 2 is 2.19 bits per heavy atom. The predicted molar refractivity (Wildman–Crippen MR) is 60.6 cm³/mol. The zero-order valence-corrected chi connectivity index (χ0v) is 9.14. The van der Waals surface area contributed by atoms with Crippen LogP contribution in [0.5, 0.6) is 0 Å². The van der Waals surface area contributed by atoms with Gasteiger partial charge in [-0.2, -0.15) is 0 Å². The van der Waals surface area contributed by atoms with Crippen molar-refractivity contribution in [3.05, 3.63) is 35.9 Å². The van der Waals surface area contributed by atoms with Crippen LogP contribution >= 0.6 is 0 Å². The fourth-order valence-electron chi connectivity index (χ4n) is 1.75. The van der Waals surface area contributed by atoms with E-state index in [4.69, 9.17) is 4.74 Å². The molecule has 1 amide bonds. The van der Waals surface area contributed by atoms with Crippen LogP contribution < -0.4 is 0 Å². The number of ether oxygens (including phenoxy) is 1. The minimum Gasteiger partial charge on any atom is -0.446 e. The van der Waals surface area contributed by atoms with Crippen LogP contribution in [0.4, 0.5) is 4.79 Å². The lowest BCUT2D eigenvalue weighted by Gasteiger charge is -2.14. The van der Waals surface area contributed by atoms with E-state index in [-0.39, 0.29) is 12.1 Å². The normalized spacial score (nSPS) is 18.9. The van der Waals surface area contributed by atoms with Crippen molar-refractivity contribution in [1.82, 2.24) is 4.90 Å². The van der Waals surface area contributed by atoms with Gasteiger partial charge in [-0.15, -0.1) is 0 Å². The number of hydrogen-bond acceptors (Lipinski definition) is 2. The van der Waals surface area contributed by atoms with Crippen LogP contribution in [0.1, 0.15) is 12.5 Å². The van der Waals surface area contributed by atoms with Gasteiger partial charge in [-0.3, -0.25) is 0 Å². The first-order valence-corrected chi connectivity index (χ1v) is 5.23. The molecule has 1 heterocycles.